The number of carbonyl (C=O) groups is 3. The largest absolute Gasteiger partial charge is 0.353 e. The Morgan fingerprint density at radius 2 is 1.63 bits per heavy atom. The van der Waals surface area contributed by atoms with E-state index in [1.165, 1.54) is 0 Å². The highest BCUT2D eigenvalue weighted by Crippen LogP contribution is 2.39. The third-order valence-corrected chi connectivity index (χ3v) is 7.70. The van der Waals surface area contributed by atoms with Crippen molar-refractivity contribution >= 4 is 29.3 Å². The number of amides is 3. The van der Waals surface area contributed by atoms with Gasteiger partial charge in [-0.1, -0.05) is 35.9 Å². The number of piperidine rings is 1. The number of carbonyl (C=O) groups excluding carboxylic acids is 3. The highest BCUT2D eigenvalue weighted by Gasteiger charge is 2.55. The molecule has 2 aromatic rings. The van der Waals surface area contributed by atoms with Gasteiger partial charge in [-0.25, -0.2) is 0 Å². The quantitative estimate of drug-likeness (QED) is 0.650. The van der Waals surface area contributed by atoms with Crippen LogP contribution in [0.25, 0.3) is 0 Å². The van der Waals surface area contributed by atoms with E-state index in [1.807, 2.05) is 30.0 Å². The number of hydrogen-bond acceptors (Lipinski definition) is 4. The summed E-state index contributed by atoms with van der Waals surface area (Å²) in [4.78, 5) is 45.8. The van der Waals surface area contributed by atoms with Crippen molar-refractivity contribution < 1.29 is 19.1 Å². The molecule has 8 heteroatoms. The van der Waals surface area contributed by atoms with Crippen LogP contribution >= 0.6 is 11.6 Å². The topological polar surface area (TPSA) is 70.2 Å². The maximum Gasteiger partial charge on any atom is 0.257 e. The zero-order valence-corrected chi connectivity index (χ0v) is 20.7. The summed E-state index contributed by atoms with van der Waals surface area (Å²) in [5.74, 6) is -0.326. The van der Waals surface area contributed by atoms with Gasteiger partial charge in [0, 0.05) is 55.2 Å². The molecule has 0 radical (unpaired) electrons. The van der Waals surface area contributed by atoms with Crippen LogP contribution in [0.5, 0.6) is 0 Å². The number of halogens is 1. The predicted molar refractivity (Wildman–Crippen MR) is 132 cm³/mol. The maximum absolute atomic E-state index is 13.9. The van der Waals surface area contributed by atoms with E-state index in [0.29, 0.717) is 42.1 Å². The molecule has 35 heavy (non-hydrogen) atoms. The summed E-state index contributed by atoms with van der Waals surface area (Å²) in [6.07, 6.45) is 2.86. The third-order valence-electron chi connectivity index (χ3n) is 7.46. The summed E-state index contributed by atoms with van der Waals surface area (Å²) in [5.41, 5.74) is 1.06. The maximum atomic E-state index is 13.9. The molecule has 1 spiro atoms. The Balaban J connectivity index is 1.41. The molecule has 0 aromatic heterocycles. The van der Waals surface area contributed by atoms with Gasteiger partial charge >= 0.3 is 0 Å². The molecule has 3 saturated heterocycles. The van der Waals surface area contributed by atoms with E-state index >= 15 is 0 Å². The molecule has 3 aliphatic heterocycles. The summed E-state index contributed by atoms with van der Waals surface area (Å²) < 4.78 is 6.32. The SMILES string of the molecule is Cc1ccccc1C(=O)N1[C@@H](C(=O)N2CCCC2)COC12CCN(C(=O)c1cccc(Cl)c1)CC2. The van der Waals surface area contributed by atoms with Crippen LogP contribution in [0.15, 0.2) is 48.5 Å². The first-order valence-electron chi connectivity index (χ1n) is 12.3. The molecule has 3 fully saturated rings. The summed E-state index contributed by atoms with van der Waals surface area (Å²) in [7, 11) is 0. The molecule has 0 N–H and O–H groups in total. The molecule has 1 atom stereocenters. The molecule has 0 unspecified atom stereocenters. The van der Waals surface area contributed by atoms with E-state index in [9.17, 15) is 14.4 Å². The van der Waals surface area contributed by atoms with Crippen LogP contribution < -0.4 is 0 Å². The van der Waals surface area contributed by atoms with Crippen LogP contribution in [0.1, 0.15) is 52.0 Å². The van der Waals surface area contributed by atoms with Gasteiger partial charge in [0.15, 0.2) is 0 Å². The fourth-order valence-corrected chi connectivity index (χ4v) is 5.70. The van der Waals surface area contributed by atoms with Gasteiger partial charge in [-0.05, 0) is 49.6 Å². The molecule has 2 aromatic carbocycles. The van der Waals surface area contributed by atoms with Gasteiger partial charge in [0.2, 0.25) is 5.91 Å². The minimum absolute atomic E-state index is 0.0428. The zero-order chi connectivity index (χ0) is 24.6. The Kier molecular flexibility index (Phi) is 6.55. The summed E-state index contributed by atoms with van der Waals surface area (Å²) >= 11 is 6.08. The van der Waals surface area contributed by atoms with Crippen molar-refractivity contribution in [1.29, 1.82) is 0 Å². The predicted octanol–water partition coefficient (Wildman–Crippen LogP) is 3.74. The molecule has 3 aliphatic rings. The van der Waals surface area contributed by atoms with Gasteiger partial charge in [-0.2, -0.15) is 0 Å². The normalized spacial score (nSPS) is 21.5. The first-order chi connectivity index (χ1) is 16.9. The van der Waals surface area contributed by atoms with E-state index < -0.39 is 11.8 Å². The van der Waals surface area contributed by atoms with Crippen molar-refractivity contribution in [3.63, 3.8) is 0 Å². The fourth-order valence-electron chi connectivity index (χ4n) is 5.51. The van der Waals surface area contributed by atoms with Gasteiger partial charge in [0.05, 0.1) is 6.61 Å². The molecule has 0 saturated carbocycles. The van der Waals surface area contributed by atoms with Crippen LogP contribution in [0, 0.1) is 6.92 Å². The number of hydrogen-bond donors (Lipinski definition) is 0. The van der Waals surface area contributed by atoms with Crippen molar-refractivity contribution in [2.75, 3.05) is 32.8 Å². The minimum atomic E-state index is -0.912. The Bertz CT molecular complexity index is 1140. The lowest BCUT2D eigenvalue weighted by Crippen LogP contribution is -2.60. The van der Waals surface area contributed by atoms with Crippen molar-refractivity contribution in [1.82, 2.24) is 14.7 Å². The highest BCUT2D eigenvalue weighted by molar-refractivity contribution is 6.30. The minimum Gasteiger partial charge on any atom is -0.353 e. The number of nitrogens with zero attached hydrogens (tertiary/aromatic N) is 3. The lowest BCUT2D eigenvalue weighted by atomic mass is 9.95. The molecule has 3 heterocycles. The second-order valence-electron chi connectivity index (χ2n) is 9.60. The molecule has 5 rings (SSSR count). The van der Waals surface area contributed by atoms with E-state index in [4.69, 9.17) is 16.3 Å². The first-order valence-corrected chi connectivity index (χ1v) is 12.6. The van der Waals surface area contributed by atoms with Crippen LogP contribution in [-0.4, -0.2) is 77.0 Å². The van der Waals surface area contributed by atoms with Gasteiger partial charge in [0.1, 0.15) is 11.8 Å². The van der Waals surface area contributed by atoms with Crippen molar-refractivity contribution in [2.45, 2.75) is 44.4 Å². The first kappa shape index (κ1) is 23.8. The van der Waals surface area contributed by atoms with Crippen molar-refractivity contribution in [3.05, 3.63) is 70.2 Å². The Hall–Kier alpha value is -2.90. The second-order valence-corrected chi connectivity index (χ2v) is 10.0. The van der Waals surface area contributed by atoms with E-state index in [0.717, 1.165) is 31.5 Å². The van der Waals surface area contributed by atoms with Crippen LogP contribution in [0.4, 0.5) is 0 Å². The van der Waals surface area contributed by atoms with Gasteiger partial charge in [-0.15, -0.1) is 0 Å². The van der Waals surface area contributed by atoms with E-state index in [-0.39, 0.29) is 24.3 Å². The summed E-state index contributed by atoms with van der Waals surface area (Å²) in [6, 6.07) is 13.7. The fraction of sp³-hybridized carbons (Fsp3) is 0.444. The number of likely N-dealkylation sites (tertiary alicyclic amines) is 2. The average molecular weight is 496 g/mol. The molecular weight excluding hydrogens is 466 g/mol. The van der Waals surface area contributed by atoms with E-state index in [1.54, 1.807) is 40.1 Å². The molecule has 184 valence electrons. The lowest BCUT2D eigenvalue weighted by Gasteiger charge is -2.45. The van der Waals surface area contributed by atoms with Crippen LogP contribution in [0.2, 0.25) is 5.02 Å². The number of aryl methyl sites for hydroxylation is 1. The van der Waals surface area contributed by atoms with Gasteiger partial charge in [-0.3, -0.25) is 19.3 Å². The van der Waals surface area contributed by atoms with Crippen LogP contribution in [0.3, 0.4) is 0 Å². The summed E-state index contributed by atoms with van der Waals surface area (Å²) in [6.45, 7) is 4.37. The summed E-state index contributed by atoms with van der Waals surface area (Å²) in [5, 5.41) is 0.515. The smallest absolute Gasteiger partial charge is 0.257 e. The average Bonchev–Trinajstić information content (AvgIpc) is 3.53. The number of ether oxygens (including phenoxy) is 1. The molecule has 0 bridgehead atoms. The molecule has 7 nitrogen and oxygen atoms in total. The Labute approximate surface area is 210 Å². The van der Waals surface area contributed by atoms with Gasteiger partial charge < -0.3 is 14.5 Å². The molecule has 3 amide bonds. The zero-order valence-electron chi connectivity index (χ0n) is 19.9. The third kappa shape index (κ3) is 4.43. The lowest BCUT2D eigenvalue weighted by molar-refractivity contribution is -0.136. The van der Waals surface area contributed by atoms with Crippen molar-refractivity contribution in [3.8, 4) is 0 Å². The van der Waals surface area contributed by atoms with Crippen molar-refractivity contribution in [2.24, 2.45) is 0 Å². The molecular formula is C27H30ClN3O4. The highest BCUT2D eigenvalue weighted by atomic mass is 35.5. The second kappa shape index (κ2) is 9.63. The monoisotopic (exact) mass is 495 g/mol. The molecule has 0 aliphatic carbocycles. The number of benzene rings is 2. The van der Waals surface area contributed by atoms with Gasteiger partial charge in [0.25, 0.3) is 11.8 Å². The van der Waals surface area contributed by atoms with Crippen LogP contribution in [-0.2, 0) is 9.53 Å². The van der Waals surface area contributed by atoms with E-state index in [2.05, 4.69) is 0 Å². The number of rotatable bonds is 3. The Morgan fingerprint density at radius 1 is 0.914 bits per heavy atom. The standard InChI is InChI=1S/C27H30ClN3O4/c1-19-7-2-3-10-22(19)25(33)31-23(26(34)29-13-4-5-14-29)18-35-27(31)11-15-30(16-12-27)24(32)20-8-6-9-21(28)17-20/h2-3,6-10,17,23H,4-5,11-16,18H2,1H3/t23-/m1/s1. The Morgan fingerprint density at radius 3 is 2.31 bits per heavy atom.